The van der Waals surface area contributed by atoms with Crippen molar-refractivity contribution in [1.82, 2.24) is 5.32 Å². The van der Waals surface area contributed by atoms with Gasteiger partial charge in [0.15, 0.2) is 0 Å². The maximum Gasteiger partial charge on any atom is 0.393 e. The summed E-state index contributed by atoms with van der Waals surface area (Å²) in [4.78, 5) is 36.5. The maximum absolute atomic E-state index is 13.7. The van der Waals surface area contributed by atoms with Gasteiger partial charge in [0.1, 0.15) is 28.2 Å². The van der Waals surface area contributed by atoms with Gasteiger partial charge in [-0.15, -0.1) is 11.3 Å². The molecule has 270 valence electrons. The second kappa shape index (κ2) is 16.9. The molecule has 2 heterocycles. The number of amides is 2. The lowest BCUT2D eigenvalue weighted by Gasteiger charge is -2.24. The van der Waals surface area contributed by atoms with E-state index in [2.05, 4.69) is 27.8 Å². The van der Waals surface area contributed by atoms with Crippen molar-refractivity contribution in [3.8, 4) is 17.6 Å². The van der Waals surface area contributed by atoms with Crippen LogP contribution < -0.4 is 26.4 Å². The summed E-state index contributed by atoms with van der Waals surface area (Å²) in [5.74, 6) is 3.88. The molecule has 1 aromatic heterocycles. The minimum Gasteiger partial charge on any atom is -0.489 e. The number of thiophene rings is 1. The Morgan fingerprint density at radius 2 is 1.88 bits per heavy atom. The van der Waals surface area contributed by atoms with Crippen LogP contribution in [0.3, 0.4) is 0 Å². The summed E-state index contributed by atoms with van der Waals surface area (Å²) in [6.45, 7) is -0.484. The third-order valence-electron chi connectivity index (χ3n) is 7.74. The molecule has 0 saturated carbocycles. The van der Waals surface area contributed by atoms with Gasteiger partial charge in [0.05, 0.1) is 59.1 Å². The van der Waals surface area contributed by atoms with Crippen molar-refractivity contribution in [1.29, 1.82) is 0 Å². The zero-order chi connectivity index (χ0) is 36.5. The predicted molar refractivity (Wildman–Crippen MR) is 183 cm³/mol. The molecule has 12 nitrogen and oxygen atoms in total. The topological polar surface area (TPSA) is 186 Å². The minimum absolute atomic E-state index is 0.0279. The van der Waals surface area contributed by atoms with E-state index in [1.54, 1.807) is 18.2 Å². The molecule has 0 spiro atoms. The first-order valence-electron chi connectivity index (χ1n) is 15.5. The summed E-state index contributed by atoms with van der Waals surface area (Å²) in [5, 5.41) is 18.6. The van der Waals surface area contributed by atoms with E-state index in [0.717, 1.165) is 18.4 Å². The number of hydrogen-bond donors (Lipinski definition) is 5. The van der Waals surface area contributed by atoms with E-state index >= 15 is 0 Å². The number of aliphatic hydroxyl groups excluding tert-OH is 1. The molecule has 0 bridgehead atoms. The summed E-state index contributed by atoms with van der Waals surface area (Å²) < 4.78 is 75.6. The third kappa shape index (κ3) is 10.7. The number of benzene rings is 2. The Hall–Kier alpha value is -4.53. The quantitative estimate of drug-likeness (QED) is 0.121. The molecule has 6 N–H and O–H groups in total. The standard InChI is InChI=1S/C33H37F3N4O8S2/c1-47-32(44)26(9-10-29(37)42)40-31(43)20-7-8-24(27(18-20)48-15-14-41)38-13-3-6-28-23(19-33(34,35)36)22-4-2-5-25(30(22)49-28)39-21-11-16-50(45,46)17-12-21/h2,4-5,7-8,18,21,26,38-39,41H,9-17,19H2,1H3,(H2,37,42)(H,40,43). The van der Waals surface area contributed by atoms with Crippen LogP contribution >= 0.6 is 11.3 Å². The number of halogens is 3. The number of carbonyl (C=O) groups excluding carboxylic acids is 3. The number of ether oxygens (including phenoxy) is 2. The monoisotopic (exact) mass is 738 g/mol. The number of anilines is 2. The Morgan fingerprint density at radius 1 is 1.14 bits per heavy atom. The Balaban J connectivity index is 1.54. The van der Waals surface area contributed by atoms with Crippen LogP contribution in [0.1, 0.15) is 46.5 Å². The first kappa shape index (κ1) is 38.3. The number of nitrogens with two attached hydrogens (primary N) is 1. The molecule has 1 unspecified atom stereocenters. The maximum atomic E-state index is 13.7. The van der Waals surface area contributed by atoms with E-state index in [4.69, 9.17) is 15.2 Å². The number of carbonyl (C=O) groups is 3. The number of fused-ring (bicyclic) bond motifs is 1. The van der Waals surface area contributed by atoms with Crippen LogP contribution in [0.2, 0.25) is 0 Å². The van der Waals surface area contributed by atoms with Crippen LogP contribution in [-0.4, -0.2) is 87.9 Å². The molecule has 2 aromatic carbocycles. The zero-order valence-electron chi connectivity index (χ0n) is 27.0. The molecular weight excluding hydrogens is 702 g/mol. The highest BCUT2D eigenvalue weighted by atomic mass is 32.2. The summed E-state index contributed by atoms with van der Waals surface area (Å²) >= 11 is 1.12. The highest BCUT2D eigenvalue weighted by molar-refractivity contribution is 7.91. The van der Waals surface area contributed by atoms with Gasteiger partial charge in [0, 0.05) is 18.0 Å². The smallest absolute Gasteiger partial charge is 0.393 e. The Kier molecular flexibility index (Phi) is 13.0. The van der Waals surface area contributed by atoms with Crippen LogP contribution in [0.15, 0.2) is 36.4 Å². The molecule has 1 saturated heterocycles. The highest BCUT2D eigenvalue weighted by Crippen LogP contribution is 2.39. The largest absolute Gasteiger partial charge is 0.489 e. The van der Waals surface area contributed by atoms with Crippen LogP contribution in [-0.2, 0) is 30.6 Å². The molecule has 1 aliphatic heterocycles. The zero-order valence-corrected chi connectivity index (χ0v) is 28.7. The summed E-state index contributed by atoms with van der Waals surface area (Å²) in [7, 11) is -1.95. The van der Waals surface area contributed by atoms with E-state index in [1.165, 1.54) is 18.2 Å². The lowest BCUT2D eigenvalue weighted by atomic mass is 10.1. The fraction of sp³-hybridized carbons (Fsp3) is 0.424. The van der Waals surface area contributed by atoms with Gasteiger partial charge in [0.2, 0.25) is 5.91 Å². The van der Waals surface area contributed by atoms with E-state index < -0.39 is 46.3 Å². The fourth-order valence-electron chi connectivity index (χ4n) is 5.28. The number of rotatable bonds is 14. The molecule has 3 aromatic rings. The number of hydrogen-bond acceptors (Lipinski definition) is 11. The highest BCUT2D eigenvalue weighted by Gasteiger charge is 2.32. The number of aliphatic hydroxyl groups is 1. The van der Waals surface area contributed by atoms with Gasteiger partial charge >= 0.3 is 12.1 Å². The third-order valence-corrected chi connectivity index (χ3v) is 10.7. The van der Waals surface area contributed by atoms with Crippen molar-refractivity contribution in [2.24, 2.45) is 5.73 Å². The average molecular weight is 739 g/mol. The van der Waals surface area contributed by atoms with E-state index in [1.807, 2.05) is 0 Å². The van der Waals surface area contributed by atoms with Crippen LogP contribution in [0, 0.1) is 11.8 Å². The van der Waals surface area contributed by atoms with Gasteiger partial charge in [-0.05, 0) is 54.5 Å². The first-order chi connectivity index (χ1) is 23.7. The molecule has 50 heavy (non-hydrogen) atoms. The number of primary amides is 1. The van der Waals surface area contributed by atoms with Gasteiger partial charge in [-0.3, -0.25) is 9.59 Å². The van der Waals surface area contributed by atoms with Crippen LogP contribution in [0.25, 0.3) is 10.1 Å². The normalized spacial score (nSPS) is 15.0. The van der Waals surface area contributed by atoms with Crippen molar-refractivity contribution in [2.45, 2.75) is 50.4 Å². The van der Waals surface area contributed by atoms with E-state index in [-0.39, 0.29) is 71.9 Å². The predicted octanol–water partition coefficient (Wildman–Crippen LogP) is 3.37. The molecule has 1 aliphatic rings. The van der Waals surface area contributed by atoms with Gasteiger partial charge in [-0.2, -0.15) is 13.2 Å². The average Bonchev–Trinajstić information content (AvgIpc) is 3.40. The number of sulfone groups is 1. The lowest BCUT2D eigenvalue weighted by molar-refractivity contribution is -0.143. The minimum atomic E-state index is -4.49. The molecule has 2 amide bonds. The number of nitrogens with one attached hydrogen (secondary N) is 3. The first-order valence-corrected chi connectivity index (χ1v) is 18.2. The molecule has 4 rings (SSSR count). The Labute approximate surface area is 290 Å². The van der Waals surface area contributed by atoms with Crippen molar-refractivity contribution in [3.05, 3.63) is 52.4 Å². The molecule has 0 aliphatic carbocycles. The number of esters is 1. The second-order valence-corrected chi connectivity index (χ2v) is 14.8. The SMILES string of the molecule is COC(=O)C(CCC(N)=O)NC(=O)c1ccc(NCC#Cc2sc3c(NC4CCS(=O)(=O)CC4)cccc3c2CC(F)(F)F)c(OCCO)c1. The summed E-state index contributed by atoms with van der Waals surface area (Å²) in [5.41, 5.74) is 6.28. The van der Waals surface area contributed by atoms with Gasteiger partial charge in [-0.1, -0.05) is 24.0 Å². The molecular formula is C33H37F3N4O8S2. The summed E-state index contributed by atoms with van der Waals surface area (Å²) in [6, 6.07) is 8.06. The van der Waals surface area contributed by atoms with Crippen molar-refractivity contribution >= 4 is 60.4 Å². The Bertz CT molecular complexity index is 1870. The van der Waals surface area contributed by atoms with Crippen LogP contribution in [0.4, 0.5) is 24.5 Å². The lowest BCUT2D eigenvalue weighted by Crippen LogP contribution is -2.42. The van der Waals surface area contributed by atoms with Crippen molar-refractivity contribution in [2.75, 3.05) is 49.0 Å². The molecule has 0 radical (unpaired) electrons. The Morgan fingerprint density at radius 3 is 2.54 bits per heavy atom. The van der Waals surface area contributed by atoms with E-state index in [9.17, 15) is 41.1 Å². The van der Waals surface area contributed by atoms with Crippen molar-refractivity contribution < 1.29 is 50.6 Å². The van der Waals surface area contributed by atoms with E-state index in [0.29, 0.717) is 34.3 Å². The number of alkyl halides is 3. The van der Waals surface area contributed by atoms with Crippen molar-refractivity contribution in [3.63, 3.8) is 0 Å². The number of methoxy groups -OCH3 is 1. The summed E-state index contributed by atoms with van der Waals surface area (Å²) in [6.07, 6.45) is -5.11. The van der Waals surface area contributed by atoms with Crippen LogP contribution in [0.5, 0.6) is 5.75 Å². The molecule has 1 atom stereocenters. The van der Waals surface area contributed by atoms with Gasteiger partial charge in [-0.25, -0.2) is 13.2 Å². The van der Waals surface area contributed by atoms with Gasteiger partial charge in [0.25, 0.3) is 5.91 Å². The second-order valence-electron chi connectivity index (χ2n) is 11.4. The van der Waals surface area contributed by atoms with Gasteiger partial charge < -0.3 is 36.3 Å². The molecule has 1 fully saturated rings. The fourth-order valence-corrected chi connectivity index (χ4v) is 7.95. The molecule has 17 heteroatoms.